The number of para-hydroxylation sites is 3. The number of hydrogen-bond donors (Lipinski definition) is 1. The molecule has 2 aromatic carbocycles. The lowest BCUT2D eigenvalue weighted by molar-refractivity contribution is 0.419. The van der Waals surface area contributed by atoms with E-state index < -0.39 is 11.2 Å². The third kappa shape index (κ3) is 2.32. The molecule has 0 saturated heterocycles. The minimum absolute atomic E-state index is 0.420. The van der Waals surface area contributed by atoms with E-state index in [4.69, 9.17) is 4.74 Å². The van der Waals surface area contributed by atoms with E-state index in [1.54, 1.807) is 25.4 Å². The van der Waals surface area contributed by atoms with Gasteiger partial charge in [-0.25, -0.2) is 0 Å². The summed E-state index contributed by atoms with van der Waals surface area (Å²) in [6, 6.07) is 15.0. The van der Waals surface area contributed by atoms with Gasteiger partial charge in [-0.1, -0.05) is 18.2 Å². The number of pyridine rings is 1. The van der Waals surface area contributed by atoms with Crippen molar-refractivity contribution in [3.8, 4) is 5.75 Å². The highest BCUT2D eigenvalue weighted by Gasteiger charge is 2.23. The van der Waals surface area contributed by atoms with Crippen LogP contribution in [0.5, 0.6) is 5.75 Å². The van der Waals surface area contributed by atoms with Crippen molar-refractivity contribution in [2.45, 2.75) is 10.1 Å². The Kier molecular flexibility index (Phi) is 3.40. The molecule has 6 heteroatoms. The molecule has 0 bridgehead atoms. The van der Waals surface area contributed by atoms with Crippen LogP contribution in [-0.2, 0) is 11.2 Å². The van der Waals surface area contributed by atoms with Crippen molar-refractivity contribution < 1.29 is 9.29 Å². The summed E-state index contributed by atoms with van der Waals surface area (Å²) in [4.78, 5) is 12.5. The topological polar surface area (TPSA) is 73.9 Å². The minimum atomic E-state index is -1.45. The van der Waals surface area contributed by atoms with Gasteiger partial charge in [-0.15, -0.1) is 0 Å². The fraction of sp³-hybridized carbons (Fsp3) is 0.0588. The Hall–Kier alpha value is -2.57. The molecule has 0 radical (unpaired) electrons. The lowest BCUT2D eigenvalue weighted by atomic mass is 10.2. The van der Waals surface area contributed by atoms with Gasteiger partial charge in [0.2, 0.25) is 0 Å². The van der Waals surface area contributed by atoms with Gasteiger partial charge in [-0.3, -0.25) is 9.97 Å². The Labute approximate surface area is 135 Å². The second-order valence-corrected chi connectivity index (χ2v) is 6.36. The van der Waals surface area contributed by atoms with Crippen molar-refractivity contribution in [1.29, 1.82) is 0 Å². The maximum absolute atomic E-state index is 13.0. The summed E-state index contributed by atoms with van der Waals surface area (Å²) in [7, 11) is 1.61. The highest BCUT2D eigenvalue weighted by atomic mass is 32.2. The molecular weight excluding hydrogens is 310 g/mol. The van der Waals surface area contributed by atoms with Crippen LogP contribution >= 0.6 is 0 Å². The molecular formula is C17H13N3O2S. The maximum Gasteiger partial charge on any atom is 0.327 e. The molecule has 0 saturated carbocycles. The van der Waals surface area contributed by atoms with Crippen molar-refractivity contribution in [2.24, 2.45) is 0 Å². The molecule has 0 fully saturated rings. The molecule has 1 N–H and O–H groups in total. The van der Waals surface area contributed by atoms with Crippen molar-refractivity contribution in [3.63, 3.8) is 0 Å². The van der Waals surface area contributed by atoms with Gasteiger partial charge in [0.15, 0.2) is 4.90 Å². The van der Waals surface area contributed by atoms with Crippen LogP contribution in [0.4, 0.5) is 0 Å². The number of fused-ring (bicyclic) bond motifs is 2. The quantitative estimate of drug-likeness (QED) is 0.587. The fourth-order valence-corrected chi connectivity index (χ4v) is 3.71. The van der Waals surface area contributed by atoms with Crippen LogP contribution in [0.15, 0.2) is 64.8 Å². The predicted octanol–water partition coefficient (Wildman–Crippen LogP) is 3.29. The molecule has 4 aromatic rings. The SMILES string of the molecule is COc1ccnc2c([S+]([O-])c3nc4ccccc4[nH]3)cccc12. The number of aromatic nitrogens is 3. The zero-order chi connectivity index (χ0) is 15.8. The first kappa shape index (κ1) is 14.0. The number of nitrogens with zero attached hydrogens (tertiary/aromatic N) is 2. The Morgan fingerprint density at radius 3 is 2.78 bits per heavy atom. The first-order valence-corrected chi connectivity index (χ1v) is 8.21. The highest BCUT2D eigenvalue weighted by molar-refractivity contribution is 7.91. The third-order valence-corrected chi connectivity index (χ3v) is 4.93. The minimum Gasteiger partial charge on any atom is -0.604 e. The number of ether oxygens (including phenoxy) is 1. The average Bonchev–Trinajstić information content (AvgIpc) is 3.04. The first-order valence-electron chi connectivity index (χ1n) is 7.06. The van der Waals surface area contributed by atoms with Crippen LogP contribution in [0.1, 0.15) is 0 Å². The monoisotopic (exact) mass is 323 g/mol. The lowest BCUT2D eigenvalue weighted by Crippen LogP contribution is -2.06. The van der Waals surface area contributed by atoms with Crippen molar-refractivity contribution >= 4 is 33.1 Å². The summed E-state index contributed by atoms with van der Waals surface area (Å²) in [5.74, 6) is 0.707. The summed E-state index contributed by atoms with van der Waals surface area (Å²) in [6.45, 7) is 0. The number of aromatic amines is 1. The average molecular weight is 323 g/mol. The molecule has 0 spiro atoms. The maximum atomic E-state index is 13.0. The molecule has 23 heavy (non-hydrogen) atoms. The van der Waals surface area contributed by atoms with E-state index in [9.17, 15) is 4.55 Å². The number of methoxy groups -OCH3 is 1. The van der Waals surface area contributed by atoms with Crippen LogP contribution < -0.4 is 4.74 Å². The van der Waals surface area contributed by atoms with Gasteiger partial charge in [0, 0.05) is 11.6 Å². The summed E-state index contributed by atoms with van der Waals surface area (Å²) in [6.07, 6.45) is 1.65. The number of hydrogen-bond acceptors (Lipinski definition) is 4. The molecule has 4 rings (SSSR count). The highest BCUT2D eigenvalue weighted by Crippen LogP contribution is 2.31. The number of rotatable bonds is 3. The van der Waals surface area contributed by atoms with E-state index in [2.05, 4.69) is 15.0 Å². The summed E-state index contributed by atoms with van der Waals surface area (Å²) < 4.78 is 18.3. The van der Waals surface area contributed by atoms with Gasteiger partial charge < -0.3 is 9.29 Å². The van der Waals surface area contributed by atoms with Crippen LogP contribution in [0.25, 0.3) is 21.9 Å². The van der Waals surface area contributed by atoms with Crippen LogP contribution in [0.3, 0.4) is 0 Å². The number of H-pyrrole nitrogens is 1. The van der Waals surface area contributed by atoms with Gasteiger partial charge in [0.05, 0.1) is 29.3 Å². The van der Waals surface area contributed by atoms with E-state index in [1.165, 1.54) is 0 Å². The molecule has 2 aromatic heterocycles. The van der Waals surface area contributed by atoms with Crippen LogP contribution in [0.2, 0.25) is 0 Å². The third-order valence-electron chi connectivity index (χ3n) is 3.66. The molecule has 1 unspecified atom stereocenters. The summed E-state index contributed by atoms with van der Waals surface area (Å²) in [5.41, 5.74) is 2.31. The van der Waals surface area contributed by atoms with E-state index in [0.717, 1.165) is 16.4 Å². The smallest absolute Gasteiger partial charge is 0.327 e. The Balaban J connectivity index is 1.87. The van der Waals surface area contributed by atoms with Crippen LogP contribution in [0, 0.1) is 0 Å². The summed E-state index contributed by atoms with van der Waals surface area (Å²) >= 11 is -1.45. The zero-order valence-corrected chi connectivity index (χ0v) is 13.1. The normalized spacial score (nSPS) is 12.6. The van der Waals surface area contributed by atoms with E-state index in [0.29, 0.717) is 21.3 Å². The molecule has 1 atom stereocenters. The van der Waals surface area contributed by atoms with E-state index in [-0.39, 0.29) is 0 Å². The Bertz CT molecular complexity index is 966. The Morgan fingerprint density at radius 2 is 1.96 bits per heavy atom. The predicted molar refractivity (Wildman–Crippen MR) is 89.1 cm³/mol. The molecule has 114 valence electrons. The van der Waals surface area contributed by atoms with E-state index in [1.807, 2.05) is 36.4 Å². The number of imidazole rings is 1. The molecule has 0 aliphatic rings. The van der Waals surface area contributed by atoms with Gasteiger partial charge in [-0.2, -0.15) is 4.98 Å². The van der Waals surface area contributed by atoms with Gasteiger partial charge in [0.25, 0.3) is 0 Å². The van der Waals surface area contributed by atoms with Crippen molar-refractivity contribution in [3.05, 3.63) is 54.7 Å². The number of nitrogens with one attached hydrogen (secondary N) is 1. The summed E-state index contributed by atoms with van der Waals surface area (Å²) in [5, 5.41) is 1.25. The van der Waals surface area contributed by atoms with Gasteiger partial charge in [-0.05, 0) is 30.3 Å². The standard InChI is InChI=1S/C17H13N3O2S/c1-22-14-9-10-18-16-11(14)5-4-8-15(16)23(21)17-19-12-6-2-3-7-13(12)20-17/h2-10H,1H3,(H,19,20). The molecule has 5 nitrogen and oxygen atoms in total. The number of benzene rings is 2. The molecule has 0 amide bonds. The van der Waals surface area contributed by atoms with Gasteiger partial charge >= 0.3 is 5.16 Å². The second-order valence-electron chi connectivity index (χ2n) is 4.99. The fourth-order valence-electron chi connectivity index (χ4n) is 2.57. The molecule has 0 aliphatic heterocycles. The zero-order valence-electron chi connectivity index (χ0n) is 12.3. The van der Waals surface area contributed by atoms with E-state index >= 15 is 0 Å². The van der Waals surface area contributed by atoms with Crippen molar-refractivity contribution in [1.82, 2.24) is 15.0 Å². The second kappa shape index (κ2) is 5.57. The van der Waals surface area contributed by atoms with Gasteiger partial charge in [0.1, 0.15) is 11.3 Å². The van der Waals surface area contributed by atoms with Crippen molar-refractivity contribution in [2.75, 3.05) is 7.11 Å². The Morgan fingerprint density at radius 1 is 1.09 bits per heavy atom. The lowest BCUT2D eigenvalue weighted by Gasteiger charge is -2.10. The van der Waals surface area contributed by atoms with Crippen LogP contribution in [-0.4, -0.2) is 26.6 Å². The largest absolute Gasteiger partial charge is 0.604 e. The first-order chi connectivity index (χ1) is 11.3. The molecule has 2 heterocycles. The molecule has 0 aliphatic carbocycles.